The van der Waals surface area contributed by atoms with Crippen LogP contribution in [0.4, 0.5) is 0 Å². The van der Waals surface area contributed by atoms with E-state index in [2.05, 4.69) is 0 Å². The van der Waals surface area contributed by atoms with Crippen LogP contribution in [-0.2, 0) is 23.7 Å². The summed E-state index contributed by atoms with van der Waals surface area (Å²) in [6.45, 7) is 0.348. The number of rotatable bonds is 3. The van der Waals surface area contributed by atoms with Gasteiger partial charge in [-0.25, -0.2) is 0 Å². The molecule has 0 aromatic heterocycles. The van der Waals surface area contributed by atoms with Crippen LogP contribution in [0.2, 0.25) is 0 Å². The number of fused-ring (bicyclic) bond motifs is 1. The highest BCUT2D eigenvalue weighted by Crippen LogP contribution is 2.37. The predicted octanol–water partition coefficient (Wildman–Crippen LogP) is 2.78. The Labute approximate surface area is 140 Å². The van der Waals surface area contributed by atoms with Crippen LogP contribution in [-0.4, -0.2) is 31.2 Å². The topological polar surface area (TPSA) is 54.0 Å². The molecule has 0 aliphatic carbocycles. The third-order valence-corrected chi connectivity index (χ3v) is 4.24. The van der Waals surface area contributed by atoms with Crippen LogP contribution in [0.15, 0.2) is 60.7 Å². The highest BCUT2D eigenvalue weighted by Gasteiger charge is 2.45. The molecule has 2 aromatic rings. The van der Waals surface area contributed by atoms with Crippen LogP contribution in [0.25, 0.3) is 0 Å². The number of hydrogen-bond donors (Lipinski definition) is 0. The van der Waals surface area contributed by atoms with Crippen molar-refractivity contribution in [1.29, 1.82) is 0 Å². The Hall–Kier alpha value is -2.05. The predicted molar refractivity (Wildman–Crippen MR) is 85.0 cm³/mol. The van der Waals surface area contributed by atoms with Gasteiger partial charge in [-0.3, -0.25) is 0 Å². The number of hydrogen-bond acceptors (Lipinski definition) is 5. The van der Waals surface area contributed by atoms with Gasteiger partial charge in [0, 0.05) is 11.1 Å². The smallest absolute Gasteiger partial charge is 0.185 e. The first-order chi connectivity index (χ1) is 11.8. The van der Waals surface area contributed by atoms with Gasteiger partial charge >= 0.3 is 0 Å². The van der Waals surface area contributed by atoms with Crippen LogP contribution in [0, 0.1) is 0 Å². The molecule has 0 bridgehead atoms. The van der Waals surface area contributed by atoms with Gasteiger partial charge in [-0.2, -0.15) is 0 Å². The Bertz CT molecular complexity index is 675. The maximum absolute atomic E-state index is 11.5. The second-order valence-electron chi connectivity index (χ2n) is 5.83. The molecule has 0 radical (unpaired) electrons. The second-order valence-corrected chi connectivity index (χ2v) is 5.83. The second kappa shape index (κ2) is 6.83. The molecule has 0 spiro atoms. The molecule has 2 heterocycles. The van der Waals surface area contributed by atoms with E-state index in [9.17, 15) is 4.79 Å². The van der Waals surface area contributed by atoms with E-state index in [0.717, 1.165) is 17.4 Å². The van der Waals surface area contributed by atoms with E-state index in [-0.39, 0.29) is 6.10 Å². The van der Waals surface area contributed by atoms with E-state index < -0.39 is 24.8 Å². The number of carbonyl (C=O) groups is 1. The van der Waals surface area contributed by atoms with Crippen LogP contribution in [0.1, 0.15) is 23.7 Å². The zero-order valence-electron chi connectivity index (χ0n) is 13.0. The Morgan fingerprint density at radius 1 is 0.792 bits per heavy atom. The monoisotopic (exact) mass is 326 g/mol. The molecule has 5 nitrogen and oxygen atoms in total. The summed E-state index contributed by atoms with van der Waals surface area (Å²) in [6.07, 6.45) is -1.85. The Balaban J connectivity index is 1.52. The van der Waals surface area contributed by atoms with Crippen molar-refractivity contribution in [2.45, 2.75) is 30.9 Å². The van der Waals surface area contributed by atoms with E-state index in [1.54, 1.807) is 0 Å². The lowest BCUT2D eigenvalue weighted by Gasteiger charge is -2.44. The van der Waals surface area contributed by atoms with E-state index in [1.165, 1.54) is 0 Å². The van der Waals surface area contributed by atoms with Crippen LogP contribution >= 0.6 is 0 Å². The molecule has 0 N–H and O–H groups in total. The van der Waals surface area contributed by atoms with Crippen molar-refractivity contribution in [1.82, 2.24) is 0 Å². The van der Waals surface area contributed by atoms with Crippen molar-refractivity contribution < 1.29 is 23.7 Å². The van der Waals surface area contributed by atoms with Crippen LogP contribution < -0.4 is 0 Å². The SMILES string of the molecule is O=C[C@@H]1O[C@@H](c2ccccc2)O[C@@H]2COC(c3ccccc3)O[C@@H]12. The molecular formula is C19H18O5. The Kier molecular flexibility index (Phi) is 4.40. The minimum atomic E-state index is -0.691. The molecule has 5 heteroatoms. The van der Waals surface area contributed by atoms with Crippen LogP contribution in [0.5, 0.6) is 0 Å². The van der Waals surface area contributed by atoms with Crippen molar-refractivity contribution in [3.8, 4) is 0 Å². The molecule has 0 saturated carbocycles. The van der Waals surface area contributed by atoms with Crippen molar-refractivity contribution >= 4 is 6.29 Å². The fourth-order valence-electron chi connectivity index (χ4n) is 3.03. The van der Waals surface area contributed by atoms with E-state index in [1.807, 2.05) is 60.7 Å². The molecule has 2 aliphatic heterocycles. The molecule has 2 aliphatic rings. The Morgan fingerprint density at radius 3 is 2.04 bits per heavy atom. The summed E-state index contributed by atoms with van der Waals surface area (Å²) in [7, 11) is 0. The number of aldehydes is 1. The lowest BCUT2D eigenvalue weighted by atomic mass is 10.0. The van der Waals surface area contributed by atoms with Gasteiger partial charge in [0.05, 0.1) is 6.61 Å². The first-order valence-corrected chi connectivity index (χ1v) is 7.98. The van der Waals surface area contributed by atoms with Crippen molar-refractivity contribution in [3.63, 3.8) is 0 Å². The minimum absolute atomic E-state index is 0.348. The van der Waals surface area contributed by atoms with Gasteiger partial charge in [-0.05, 0) is 0 Å². The number of ether oxygens (including phenoxy) is 4. The average Bonchev–Trinajstić information content (AvgIpc) is 2.68. The summed E-state index contributed by atoms with van der Waals surface area (Å²) in [5.41, 5.74) is 1.78. The zero-order chi connectivity index (χ0) is 16.4. The van der Waals surface area contributed by atoms with Crippen molar-refractivity contribution in [2.75, 3.05) is 6.61 Å². The molecular weight excluding hydrogens is 308 g/mol. The largest absolute Gasteiger partial charge is 0.346 e. The number of carbonyl (C=O) groups excluding carboxylic acids is 1. The quantitative estimate of drug-likeness (QED) is 0.812. The van der Waals surface area contributed by atoms with Gasteiger partial charge in [0.25, 0.3) is 0 Å². The lowest BCUT2D eigenvalue weighted by molar-refractivity contribution is -0.355. The fourth-order valence-corrected chi connectivity index (χ4v) is 3.03. The molecule has 1 unspecified atom stereocenters. The Morgan fingerprint density at radius 2 is 1.42 bits per heavy atom. The standard InChI is InChI=1S/C19H18O5/c20-11-15-17-16(23-19(22-15)14-9-5-2-6-10-14)12-21-18(24-17)13-7-3-1-4-8-13/h1-11,15-19H,12H2/t15-,16+,17-,18?,19+/m0/s1. The average molecular weight is 326 g/mol. The molecule has 0 amide bonds. The van der Waals surface area contributed by atoms with Crippen LogP contribution in [0.3, 0.4) is 0 Å². The highest BCUT2D eigenvalue weighted by molar-refractivity contribution is 5.57. The van der Waals surface area contributed by atoms with Gasteiger partial charge in [-0.1, -0.05) is 60.7 Å². The summed E-state index contributed by atoms with van der Waals surface area (Å²) < 4.78 is 23.5. The zero-order valence-corrected chi connectivity index (χ0v) is 13.0. The summed E-state index contributed by atoms with van der Waals surface area (Å²) in [6, 6.07) is 19.2. The minimum Gasteiger partial charge on any atom is -0.346 e. The summed E-state index contributed by atoms with van der Waals surface area (Å²) in [5, 5.41) is 0. The van der Waals surface area contributed by atoms with E-state index >= 15 is 0 Å². The third kappa shape index (κ3) is 2.99. The van der Waals surface area contributed by atoms with Gasteiger partial charge in [0.2, 0.25) is 0 Å². The highest BCUT2D eigenvalue weighted by atomic mass is 16.8. The molecule has 4 rings (SSSR count). The third-order valence-electron chi connectivity index (χ3n) is 4.24. The lowest BCUT2D eigenvalue weighted by Crippen LogP contribution is -2.54. The first kappa shape index (κ1) is 15.5. The molecule has 24 heavy (non-hydrogen) atoms. The van der Waals surface area contributed by atoms with Crippen molar-refractivity contribution in [2.24, 2.45) is 0 Å². The molecule has 2 saturated heterocycles. The molecule has 2 fully saturated rings. The fraction of sp³-hybridized carbons (Fsp3) is 0.316. The van der Waals surface area contributed by atoms with Gasteiger partial charge < -0.3 is 23.7 Å². The molecule has 2 aromatic carbocycles. The van der Waals surface area contributed by atoms with Crippen molar-refractivity contribution in [3.05, 3.63) is 71.8 Å². The maximum Gasteiger partial charge on any atom is 0.185 e. The molecule has 5 atom stereocenters. The summed E-state index contributed by atoms with van der Waals surface area (Å²) in [4.78, 5) is 11.5. The maximum atomic E-state index is 11.5. The van der Waals surface area contributed by atoms with Gasteiger partial charge in [-0.15, -0.1) is 0 Å². The van der Waals surface area contributed by atoms with E-state index in [4.69, 9.17) is 18.9 Å². The van der Waals surface area contributed by atoms with Gasteiger partial charge in [0.15, 0.2) is 18.9 Å². The first-order valence-electron chi connectivity index (χ1n) is 7.98. The summed E-state index contributed by atoms with van der Waals surface area (Å²) >= 11 is 0. The molecule has 124 valence electrons. The number of benzene rings is 2. The van der Waals surface area contributed by atoms with E-state index in [0.29, 0.717) is 6.61 Å². The normalized spacial score (nSPS) is 32.8. The summed E-state index contributed by atoms with van der Waals surface area (Å²) in [5.74, 6) is 0. The van der Waals surface area contributed by atoms with Gasteiger partial charge in [0.1, 0.15) is 18.3 Å².